The summed E-state index contributed by atoms with van der Waals surface area (Å²) in [6.07, 6.45) is 0. The van der Waals surface area contributed by atoms with Crippen LogP contribution < -0.4 is 0 Å². The molecular formula is C57H34N6S. The van der Waals surface area contributed by atoms with Crippen molar-refractivity contribution < 1.29 is 0 Å². The van der Waals surface area contributed by atoms with Crippen LogP contribution in [0.5, 0.6) is 0 Å². The van der Waals surface area contributed by atoms with Crippen LogP contribution in [0.15, 0.2) is 206 Å². The number of nitrogens with zero attached hydrogens (tertiary/aromatic N) is 6. The van der Waals surface area contributed by atoms with Gasteiger partial charge in [0.05, 0.1) is 38.8 Å². The van der Waals surface area contributed by atoms with E-state index in [1.54, 1.807) is 0 Å². The number of fused-ring (bicyclic) bond motifs is 12. The Morgan fingerprint density at radius 3 is 1.45 bits per heavy atom. The monoisotopic (exact) mass is 834 g/mol. The highest BCUT2D eigenvalue weighted by molar-refractivity contribution is 7.25. The second kappa shape index (κ2) is 13.6. The Balaban J connectivity index is 1.17. The molecule has 0 aliphatic rings. The Morgan fingerprint density at radius 1 is 0.312 bits per heavy atom. The third-order valence-electron chi connectivity index (χ3n) is 12.9. The first-order valence-corrected chi connectivity index (χ1v) is 22.4. The minimum absolute atomic E-state index is 0.556. The van der Waals surface area contributed by atoms with Crippen molar-refractivity contribution in [1.29, 1.82) is 0 Å². The van der Waals surface area contributed by atoms with Crippen molar-refractivity contribution in [2.24, 2.45) is 0 Å². The van der Waals surface area contributed by atoms with E-state index in [0.29, 0.717) is 17.6 Å². The lowest BCUT2D eigenvalue weighted by Crippen LogP contribution is -2.07. The molecule has 6 nitrogen and oxygen atoms in total. The molecule has 14 aromatic rings. The fraction of sp³-hybridized carbons (Fsp3) is 0. The molecule has 0 atom stereocenters. The number of rotatable bonds is 5. The van der Waals surface area contributed by atoms with Crippen molar-refractivity contribution in [2.75, 3.05) is 0 Å². The second-order valence-corrected chi connectivity index (χ2v) is 17.5. The van der Waals surface area contributed by atoms with E-state index in [4.69, 9.17) is 15.0 Å². The molecule has 64 heavy (non-hydrogen) atoms. The molecule has 0 bridgehead atoms. The summed E-state index contributed by atoms with van der Waals surface area (Å²) in [5, 5.41) is 9.46. The van der Waals surface area contributed by atoms with Crippen LogP contribution in [0, 0.1) is 0 Å². The molecule has 0 aliphatic heterocycles. The molecule has 0 fully saturated rings. The summed E-state index contributed by atoms with van der Waals surface area (Å²) < 4.78 is 9.69. The maximum Gasteiger partial charge on any atom is 0.238 e. The van der Waals surface area contributed by atoms with Gasteiger partial charge in [0, 0.05) is 69.3 Å². The Morgan fingerprint density at radius 2 is 0.797 bits per heavy atom. The van der Waals surface area contributed by atoms with Gasteiger partial charge in [-0.25, -0.2) is 4.98 Å². The minimum Gasteiger partial charge on any atom is -0.309 e. The summed E-state index contributed by atoms with van der Waals surface area (Å²) in [6.45, 7) is 0. The van der Waals surface area contributed by atoms with Gasteiger partial charge in [0.15, 0.2) is 11.6 Å². The lowest BCUT2D eigenvalue weighted by atomic mass is 10.0. The third kappa shape index (κ3) is 5.04. The van der Waals surface area contributed by atoms with Gasteiger partial charge in [-0.05, 0) is 66.7 Å². The lowest BCUT2D eigenvalue weighted by Gasteiger charge is -2.15. The van der Waals surface area contributed by atoms with Crippen LogP contribution in [0.25, 0.3) is 126 Å². The number of para-hydroxylation sites is 5. The van der Waals surface area contributed by atoms with Gasteiger partial charge in [0.25, 0.3) is 0 Å². The quantitative estimate of drug-likeness (QED) is 0.174. The van der Waals surface area contributed by atoms with Crippen LogP contribution in [0.2, 0.25) is 0 Å². The van der Waals surface area contributed by atoms with E-state index >= 15 is 0 Å². The molecule has 0 N–H and O–H groups in total. The van der Waals surface area contributed by atoms with Gasteiger partial charge in [-0.2, -0.15) is 9.97 Å². The maximum absolute atomic E-state index is 5.47. The molecule has 0 spiro atoms. The molecule has 5 heterocycles. The van der Waals surface area contributed by atoms with Crippen molar-refractivity contribution in [3.05, 3.63) is 206 Å². The first kappa shape index (κ1) is 35.2. The predicted molar refractivity (Wildman–Crippen MR) is 267 cm³/mol. The number of hydrogen-bond acceptors (Lipinski definition) is 4. The van der Waals surface area contributed by atoms with Crippen LogP contribution in [-0.4, -0.2) is 28.7 Å². The molecule has 7 heteroatoms. The number of benzene rings is 9. The summed E-state index contributed by atoms with van der Waals surface area (Å²) in [6, 6.07) is 73.7. The molecule has 0 saturated heterocycles. The summed E-state index contributed by atoms with van der Waals surface area (Å²) in [7, 11) is 0. The summed E-state index contributed by atoms with van der Waals surface area (Å²) >= 11 is 1.81. The highest BCUT2D eigenvalue weighted by atomic mass is 32.1. The van der Waals surface area contributed by atoms with Gasteiger partial charge in [0.1, 0.15) is 0 Å². The van der Waals surface area contributed by atoms with E-state index in [1.165, 1.54) is 41.7 Å². The topological polar surface area (TPSA) is 53.5 Å². The van der Waals surface area contributed by atoms with Crippen LogP contribution in [-0.2, 0) is 0 Å². The molecule has 5 aromatic heterocycles. The van der Waals surface area contributed by atoms with Crippen LogP contribution in [0.1, 0.15) is 0 Å². The summed E-state index contributed by atoms with van der Waals surface area (Å²) in [5.74, 6) is 1.79. The van der Waals surface area contributed by atoms with Crippen molar-refractivity contribution in [3.8, 4) is 40.1 Å². The fourth-order valence-electron chi connectivity index (χ4n) is 10.2. The van der Waals surface area contributed by atoms with E-state index in [1.807, 2.05) is 29.5 Å². The van der Waals surface area contributed by atoms with Crippen molar-refractivity contribution in [2.45, 2.75) is 0 Å². The third-order valence-corrected chi connectivity index (χ3v) is 14.0. The van der Waals surface area contributed by atoms with Gasteiger partial charge >= 0.3 is 0 Å². The molecule has 9 aromatic carbocycles. The smallest absolute Gasteiger partial charge is 0.238 e. The highest BCUT2D eigenvalue weighted by Gasteiger charge is 2.27. The zero-order valence-corrected chi connectivity index (χ0v) is 35.0. The summed E-state index contributed by atoms with van der Waals surface area (Å²) in [4.78, 5) is 16.1. The predicted octanol–water partition coefficient (Wildman–Crippen LogP) is 14.9. The standard InChI is InChI=1S/C57H34N6S/c1-3-17-35(18-4-1)55-58-56(36-31-32-51-43(33-36)40-23-11-16-30-50(40)64-51)60-57(59-55)63-47-29-15-10-25-42(47)53-49(63)34-48-52(41-24-9-14-28-46(41)61(48)37-19-5-2-6-20-37)54(53)62-44-26-12-7-21-38(44)39-22-8-13-27-45(39)62/h1-34H. The molecule has 0 amide bonds. The van der Waals surface area contributed by atoms with E-state index in [2.05, 4.69) is 202 Å². The Labute approximate surface area is 370 Å². The minimum atomic E-state index is 0.556. The Bertz CT molecular complexity index is 4140. The van der Waals surface area contributed by atoms with Crippen LogP contribution in [0.4, 0.5) is 0 Å². The number of aromatic nitrogens is 6. The molecule has 0 saturated carbocycles. The van der Waals surface area contributed by atoms with E-state index < -0.39 is 0 Å². The van der Waals surface area contributed by atoms with Crippen molar-refractivity contribution >= 4 is 96.9 Å². The molecule has 0 aliphatic carbocycles. The summed E-state index contributed by atoms with van der Waals surface area (Å²) in [5.41, 5.74) is 10.6. The van der Waals surface area contributed by atoms with Crippen molar-refractivity contribution in [3.63, 3.8) is 0 Å². The average Bonchev–Trinajstić information content (AvgIpc) is 4.10. The Hall–Kier alpha value is -8.39. The highest BCUT2D eigenvalue weighted by Crippen LogP contribution is 2.47. The van der Waals surface area contributed by atoms with E-state index in [9.17, 15) is 0 Å². The molecule has 14 rings (SSSR count). The molecule has 0 unspecified atom stereocenters. The lowest BCUT2D eigenvalue weighted by molar-refractivity contribution is 0.953. The van der Waals surface area contributed by atoms with Gasteiger partial charge in [-0.15, -0.1) is 11.3 Å². The first-order valence-electron chi connectivity index (χ1n) is 21.5. The maximum atomic E-state index is 5.47. The zero-order valence-electron chi connectivity index (χ0n) is 34.2. The van der Waals surface area contributed by atoms with Gasteiger partial charge < -0.3 is 9.13 Å². The Kier molecular flexibility index (Phi) is 7.46. The SMILES string of the molecule is c1ccc(-c2nc(-c3ccc4sc5ccccc5c4c3)nc(-n3c4ccccc4c4c(-n5c6ccccc6c6ccccc65)c5c6ccccc6n(-c6ccccc6)c5cc43)n2)cc1. The van der Waals surface area contributed by atoms with Gasteiger partial charge in [0.2, 0.25) is 5.95 Å². The fourth-order valence-corrected chi connectivity index (χ4v) is 11.3. The van der Waals surface area contributed by atoms with Gasteiger partial charge in [-0.3, -0.25) is 4.57 Å². The van der Waals surface area contributed by atoms with Crippen LogP contribution in [0.3, 0.4) is 0 Å². The largest absolute Gasteiger partial charge is 0.309 e. The zero-order chi connectivity index (χ0) is 41.9. The van der Waals surface area contributed by atoms with Gasteiger partial charge in [-0.1, -0.05) is 140 Å². The van der Waals surface area contributed by atoms with Crippen LogP contribution >= 0.6 is 11.3 Å². The van der Waals surface area contributed by atoms with Crippen molar-refractivity contribution in [1.82, 2.24) is 28.7 Å². The molecule has 298 valence electrons. The average molecular weight is 835 g/mol. The number of thiophene rings is 1. The normalized spacial score (nSPS) is 12.1. The second-order valence-electron chi connectivity index (χ2n) is 16.4. The van der Waals surface area contributed by atoms with E-state index in [0.717, 1.165) is 66.4 Å². The number of hydrogen-bond donors (Lipinski definition) is 0. The first-order chi connectivity index (χ1) is 31.8. The molecular weight excluding hydrogens is 801 g/mol. The molecule has 0 radical (unpaired) electrons. The van der Waals surface area contributed by atoms with E-state index in [-0.39, 0.29) is 0 Å².